The van der Waals surface area contributed by atoms with Gasteiger partial charge < -0.3 is 39.4 Å². The molecule has 1 aliphatic carbocycles. The van der Waals surface area contributed by atoms with E-state index in [1.165, 1.54) is 7.11 Å². The molecule has 2 fully saturated rings. The number of fused-ring (bicyclic) bond motifs is 1. The first-order valence-electron chi connectivity index (χ1n) is 8.72. The monoisotopic (exact) mass is 388 g/mol. The summed E-state index contributed by atoms with van der Waals surface area (Å²) in [5.41, 5.74) is 0.102. The van der Waals surface area contributed by atoms with Crippen molar-refractivity contribution in [2.75, 3.05) is 13.7 Å². The molecular weight excluding hydrogens is 364 g/mol. The Labute approximate surface area is 155 Å². The fraction of sp³-hybridized carbons (Fsp3) is 0.765. The van der Waals surface area contributed by atoms with E-state index in [1.54, 1.807) is 0 Å². The molecule has 152 valence electrons. The van der Waals surface area contributed by atoms with E-state index in [1.807, 2.05) is 6.92 Å². The van der Waals surface area contributed by atoms with Crippen LogP contribution in [0.4, 0.5) is 0 Å². The molecule has 3 aliphatic rings. The van der Waals surface area contributed by atoms with Crippen molar-refractivity contribution in [3.05, 3.63) is 11.8 Å². The number of aliphatic hydroxyl groups is 4. The van der Waals surface area contributed by atoms with E-state index < -0.39 is 61.4 Å². The lowest BCUT2D eigenvalue weighted by Crippen LogP contribution is -2.60. The molecule has 0 radical (unpaired) electrons. The minimum Gasteiger partial charge on any atom is -0.472 e. The van der Waals surface area contributed by atoms with Crippen LogP contribution in [-0.2, 0) is 28.5 Å². The molecule has 0 aromatic heterocycles. The largest absolute Gasteiger partial charge is 0.472 e. The smallest absolute Gasteiger partial charge is 0.337 e. The lowest BCUT2D eigenvalue weighted by molar-refractivity contribution is -0.342. The van der Waals surface area contributed by atoms with Gasteiger partial charge in [-0.1, -0.05) is 6.92 Å². The Bertz CT molecular complexity index is 617. The third-order valence-electron chi connectivity index (χ3n) is 5.43. The number of hydrogen-bond acceptors (Lipinski definition) is 10. The van der Waals surface area contributed by atoms with Gasteiger partial charge >= 0.3 is 5.97 Å². The fourth-order valence-corrected chi connectivity index (χ4v) is 3.96. The minimum atomic E-state index is -1.59. The number of hydrogen-bond donors (Lipinski definition) is 4. The summed E-state index contributed by atoms with van der Waals surface area (Å²) in [6.07, 6.45) is -6.93. The van der Waals surface area contributed by atoms with E-state index in [4.69, 9.17) is 18.9 Å². The number of ether oxygens (including phenoxy) is 4. The van der Waals surface area contributed by atoms with Crippen molar-refractivity contribution in [1.82, 2.24) is 0 Å². The summed E-state index contributed by atoms with van der Waals surface area (Å²) in [5.74, 6) is -2.28. The van der Waals surface area contributed by atoms with Gasteiger partial charge in [-0.05, 0) is 5.92 Å². The summed E-state index contributed by atoms with van der Waals surface area (Å²) >= 11 is 0. The van der Waals surface area contributed by atoms with Crippen molar-refractivity contribution in [3.8, 4) is 0 Å². The number of aliphatic hydroxyl groups excluding tert-OH is 4. The zero-order chi connectivity index (χ0) is 19.9. The van der Waals surface area contributed by atoms with Gasteiger partial charge in [0.05, 0.1) is 31.5 Å². The van der Waals surface area contributed by atoms with Crippen LogP contribution in [0.3, 0.4) is 0 Å². The molecule has 0 amide bonds. The van der Waals surface area contributed by atoms with Gasteiger partial charge in [0, 0.05) is 12.3 Å². The zero-order valence-corrected chi connectivity index (χ0v) is 14.9. The Morgan fingerprint density at radius 3 is 2.56 bits per heavy atom. The van der Waals surface area contributed by atoms with Gasteiger partial charge in [-0.15, -0.1) is 0 Å². The van der Waals surface area contributed by atoms with Crippen molar-refractivity contribution in [3.63, 3.8) is 0 Å². The molecule has 1 saturated carbocycles. The summed E-state index contributed by atoms with van der Waals surface area (Å²) in [6.45, 7) is 1.22. The Kier molecular flexibility index (Phi) is 5.84. The van der Waals surface area contributed by atoms with Crippen molar-refractivity contribution in [1.29, 1.82) is 0 Å². The Hall–Kier alpha value is -1.56. The number of rotatable bonds is 4. The van der Waals surface area contributed by atoms with E-state index in [-0.39, 0.29) is 23.7 Å². The lowest BCUT2D eigenvalue weighted by Gasteiger charge is -2.42. The molecule has 1 saturated heterocycles. The van der Waals surface area contributed by atoms with E-state index in [0.717, 1.165) is 6.26 Å². The predicted octanol–water partition coefficient (Wildman–Crippen LogP) is -1.94. The maximum absolute atomic E-state index is 12.4. The molecule has 27 heavy (non-hydrogen) atoms. The molecule has 0 unspecified atom stereocenters. The van der Waals surface area contributed by atoms with E-state index >= 15 is 0 Å². The third kappa shape index (κ3) is 3.48. The summed E-state index contributed by atoms with van der Waals surface area (Å²) < 4.78 is 21.2. The first kappa shape index (κ1) is 20.2. The van der Waals surface area contributed by atoms with Crippen molar-refractivity contribution >= 4 is 11.8 Å². The molecule has 0 bridgehead atoms. The molecule has 0 aromatic carbocycles. The van der Waals surface area contributed by atoms with Crippen molar-refractivity contribution < 1.29 is 49.0 Å². The number of carbonyl (C=O) groups is 2. The third-order valence-corrected chi connectivity index (χ3v) is 5.43. The number of ketones is 1. The van der Waals surface area contributed by atoms with E-state index in [9.17, 15) is 30.0 Å². The fourth-order valence-electron chi connectivity index (χ4n) is 3.96. The summed E-state index contributed by atoms with van der Waals surface area (Å²) in [6, 6.07) is 0. The molecule has 2 aliphatic heterocycles. The predicted molar refractivity (Wildman–Crippen MR) is 85.6 cm³/mol. The second kappa shape index (κ2) is 7.82. The summed E-state index contributed by atoms with van der Waals surface area (Å²) in [4.78, 5) is 24.4. The summed E-state index contributed by atoms with van der Waals surface area (Å²) in [5, 5.41) is 39.1. The van der Waals surface area contributed by atoms with Gasteiger partial charge in [-0.2, -0.15) is 0 Å². The van der Waals surface area contributed by atoms with Gasteiger partial charge in [0.2, 0.25) is 6.29 Å². The second-order valence-electron chi connectivity index (χ2n) is 7.11. The van der Waals surface area contributed by atoms with Crippen molar-refractivity contribution in [2.24, 2.45) is 17.8 Å². The minimum absolute atomic E-state index is 0.102. The van der Waals surface area contributed by atoms with E-state index in [0.29, 0.717) is 0 Å². The van der Waals surface area contributed by atoms with E-state index in [2.05, 4.69) is 0 Å². The standard InChI is InChI=1S/C17H24O10/c1-6-3-8(19)11-7(15(23)24-2)5-25-16(10(6)11)27-17-14(22)13(21)12(20)9(4-18)26-17/h5-6,9-14,16-18,20-22H,3-4H2,1-2H3/t6-,9+,10+,11+,12+,13-,14+,16-,17-/m0/s1. The summed E-state index contributed by atoms with van der Waals surface area (Å²) in [7, 11) is 1.21. The molecule has 10 heteroatoms. The topological polar surface area (TPSA) is 152 Å². The Balaban J connectivity index is 1.82. The van der Waals surface area contributed by atoms with Gasteiger partial charge in [-0.25, -0.2) is 4.79 Å². The number of carbonyl (C=O) groups excluding carboxylic acids is 2. The highest BCUT2D eigenvalue weighted by molar-refractivity contribution is 5.99. The molecule has 0 aromatic rings. The molecule has 2 heterocycles. The number of esters is 1. The SMILES string of the molecule is COC(=O)C1=CO[C@@H](O[C@@H]2O[C@H](CO)[C@@H](O)[C@H](O)[C@H]2O)[C@H]2[C@H]1C(=O)C[C@@H]2C. The van der Waals surface area contributed by atoms with Crippen LogP contribution < -0.4 is 0 Å². The van der Waals surface area contributed by atoms with Crippen LogP contribution in [0.1, 0.15) is 13.3 Å². The highest BCUT2D eigenvalue weighted by atomic mass is 16.8. The van der Waals surface area contributed by atoms with Gasteiger partial charge in [0.15, 0.2) is 6.29 Å². The van der Waals surface area contributed by atoms with Crippen LogP contribution in [0.25, 0.3) is 0 Å². The molecule has 4 N–H and O–H groups in total. The molecule has 0 spiro atoms. The first-order chi connectivity index (χ1) is 12.8. The molecule has 10 nitrogen and oxygen atoms in total. The van der Waals surface area contributed by atoms with Crippen LogP contribution in [0.15, 0.2) is 11.8 Å². The second-order valence-corrected chi connectivity index (χ2v) is 7.11. The van der Waals surface area contributed by atoms with Crippen LogP contribution >= 0.6 is 0 Å². The maximum atomic E-state index is 12.4. The molecule has 3 rings (SSSR count). The molecule has 9 atom stereocenters. The highest BCUT2D eigenvalue weighted by Crippen LogP contribution is 2.45. The highest BCUT2D eigenvalue weighted by Gasteiger charge is 2.54. The number of methoxy groups -OCH3 is 1. The zero-order valence-electron chi connectivity index (χ0n) is 14.9. The van der Waals surface area contributed by atoms with Crippen LogP contribution in [0.5, 0.6) is 0 Å². The Morgan fingerprint density at radius 1 is 1.22 bits per heavy atom. The molecular formula is C17H24O10. The van der Waals surface area contributed by atoms with Crippen LogP contribution in [0, 0.1) is 17.8 Å². The normalized spacial score (nSPS) is 44.3. The average molecular weight is 388 g/mol. The lowest BCUT2D eigenvalue weighted by atomic mass is 9.83. The quantitative estimate of drug-likeness (QED) is 0.400. The maximum Gasteiger partial charge on any atom is 0.337 e. The van der Waals surface area contributed by atoms with Crippen LogP contribution in [-0.4, -0.2) is 82.9 Å². The number of Topliss-reactive ketones (excluding diaryl/α,β-unsaturated/α-hetero) is 1. The van der Waals surface area contributed by atoms with Crippen LogP contribution in [0.2, 0.25) is 0 Å². The van der Waals surface area contributed by atoms with Gasteiger partial charge in [-0.3, -0.25) is 4.79 Å². The van der Waals surface area contributed by atoms with Gasteiger partial charge in [0.25, 0.3) is 0 Å². The first-order valence-corrected chi connectivity index (χ1v) is 8.72. The van der Waals surface area contributed by atoms with Gasteiger partial charge in [0.1, 0.15) is 30.2 Å². The Morgan fingerprint density at radius 2 is 1.93 bits per heavy atom. The van der Waals surface area contributed by atoms with Crippen molar-refractivity contribution in [2.45, 2.75) is 50.3 Å². The average Bonchev–Trinajstić information content (AvgIpc) is 2.96.